The highest BCUT2D eigenvalue weighted by Crippen LogP contribution is 2.40. The molecule has 0 atom stereocenters. The minimum Gasteiger partial charge on any atom is -0.294 e. The van der Waals surface area contributed by atoms with Crippen molar-refractivity contribution in [2.75, 3.05) is 0 Å². The minimum atomic E-state index is -5.03. The molecule has 1 aromatic carbocycles. The molecule has 0 radical (unpaired) electrons. The lowest BCUT2D eigenvalue weighted by Crippen LogP contribution is -2.15. The van der Waals surface area contributed by atoms with Gasteiger partial charge in [0.05, 0.1) is 5.56 Å². The second kappa shape index (κ2) is 4.60. The van der Waals surface area contributed by atoms with Crippen LogP contribution in [-0.4, -0.2) is 5.78 Å². The molecule has 1 nitrogen and oxygen atoms in total. The maximum Gasteiger partial charge on any atom is 0.417 e. The smallest absolute Gasteiger partial charge is 0.294 e. The number of Topliss-reactive ketones (excluding diaryl/α,β-unsaturated/α-hetero) is 1. The van der Waals surface area contributed by atoms with Gasteiger partial charge in [-0.15, -0.1) is 0 Å². The first kappa shape index (κ1) is 13.9. The number of alkyl halides is 5. The van der Waals surface area contributed by atoms with Gasteiger partial charge >= 0.3 is 6.18 Å². The van der Waals surface area contributed by atoms with Gasteiger partial charge in [-0.25, -0.2) is 8.78 Å². The van der Waals surface area contributed by atoms with E-state index < -0.39 is 35.1 Å². The van der Waals surface area contributed by atoms with Gasteiger partial charge in [0.15, 0.2) is 5.78 Å². The highest BCUT2D eigenvalue weighted by atomic mass is 35.5. The largest absolute Gasteiger partial charge is 0.417 e. The van der Waals surface area contributed by atoms with E-state index in [9.17, 15) is 26.7 Å². The van der Waals surface area contributed by atoms with Gasteiger partial charge in [-0.1, -0.05) is 11.6 Å². The molecule has 0 N–H and O–H groups in total. The van der Waals surface area contributed by atoms with Gasteiger partial charge in [0.2, 0.25) is 0 Å². The Labute approximate surface area is 98.2 Å². The molecule has 0 unspecified atom stereocenters. The molecule has 0 aliphatic heterocycles. The van der Waals surface area contributed by atoms with E-state index in [2.05, 4.69) is 0 Å². The summed E-state index contributed by atoms with van der Waals surface area (Å²) in [6.45, 7) is 0.857. The molecule has 0 amide bonds. The third-order valence-corrected chi connectivity index (χ3v) is 2.25. The summed E-state index contributed by atoms with van der Waals surface area (Å²) in [7, 11) is 0. The Balaban J connectivity index is 3.66. The molecule has 1 rings (SSSR count). The van der Waals surface area contributed by atoms with Crippen molar-refractivity contribution in [1.29, 1.82) is 0 Å². The van der Waals surface area contributed by atoms with Crippen LogP contribution in [0.3, 0.4) is 0 Å². The number of ketones is 1. The number of hydrogen-bond donors (Lipinski definition) is 0. The number of carbonyl (C=O) groups excluding carboxylic acids is 1. The van der Waals surface area contributed by atoms with Crippen molar-refractivity contribution < 1.29 is 26.7 Å². The molecule has 17 heavy (non-hydrogen) atoms. The van der Waals surface area contributed by atoms with Crippen molar-refractivity contribution in [3.63, 3.8) is 0 Å². The molecule has 0 saturated heterocycles. The summed E-state index contributed by atoms with van der Waals surface area (Å²) >= 11 is 5.41. The van der Waals surface area contributed by atoms with Crippen molar-refractivity contribution in [2.45, 2.75) is 19.5 Å². The van der Waals surface area contributed by atoms with E-state index in [1.165, 1.54) is 0 Å². The molecule has 0 aliphatic rings. The lowest BCUT2D eigenvalue weighted by atomic mass is 9.98. The van der Waals surface area contributed by atoms with Crippen LogP contribution in [0.25, 0.3) is 0 Å². The number of hydrogen-bond acceptors (Lipinski definition) is 1. The van der Waals surface area contributed by atoms with Crippen LogP contribution < -0.4 is 0 Å². The fourth-order valence-corrected chi connectivity index (χ4v) is 1.62. The summed E-state index contributed by atoms with van der Waals surface area (Å²) in [5.74, 6) is -0.971. The van der Waals surface area contributed by atoms with Gasteiger partial charge in [0.1, 0.15) is 0 Å². The number of benzene rings is 1. The monoisotopic (exact) mass is 272 g/mol. The summed E-state index contributed by atoms with van der Waals surface area (Å²) in [4.78, 5) is 11.0. The molecule has 7 heteroatoms. The van der Waals surface area contributed by atoms with E-state index in [1.54, 1.807) is 0 Å². The molecule has 1 aromatic rings. The number of rotatable bonds is 2. The third-order valence-electron chi connectivity index (χ3n) is 2.03. The quantitative estimate of drug-likeness (QED) is 0.572. The van der Waals surface area contributed by atoms with E-state index >= 15 is 0 Å². The van der Waals surface area contributed by atoms with Crippen LogP contribution >= 0.6 is 11.6 Å². The molecule has 0 bridgehead atoms. The molecular formula is C10H6ClF5O. The summed E-state index contributed by atoms with van der Waals surface area (Å²) in [5.41, 5.74) is -3.75. The Kier molecular flexibility index (Phi) is 3.76. The van der Waals surface area contributed by atoms with Crippen LogP contribution in [0.4, 0.5) is 22.0 Å². The maximum absolute atomic E-state index is 12.6. The van der Waals surface area contributed by atoms with Gasteiger partial charge in [-0.2, -0.15) is 13.2 Å². The summed E-state index contributed by atoms with van der Waals surface area (Å²) in [6.07, 6.45) is -8.39. The van der Waals surface area contributed by atoms with Crippen LogP contribution in [0, 0.1) is 0 Å². The predicted octanol–water partition coefficient (Wildman–Crippen LogP) is 4.50. The fraction of sp³-hybridized carbons (Fsp3) is 0.300. The first-order valence-electron chi connectivity index (χ1n) is 4.34. The van der Waals surface area contributed by atoms with Gasteiger partial charge in [0, 0.05) is 16.1 Å². The maximum atomic E-state index is 12.6. The Bertz CT molecular complexity index is 453. The first-order valence-corrected chi connectivity index (χ1v) is 4.72. The molecule has 0 aliphatic carbocycles. The van der Waals surface area contributed by atoms with E-state index in [0.29, 0.717) is 6.07 Å². The lowest BCUT2D eigenvalue weighted by molar-refractivity contribution is -0.139. The minimum absolute atomic E-state index is 0.335. The van der Waals surface area contributed by atoms with Crippen LogP contribution in [0.15, 0.2) is 12.1 Å². The highest BCUT2D eigenvalue weighted by Gasteiger charge is 2.39. The topological polar surface area (TPSA) is 17.1 Å². The lowest BCUT2D eigenvalue weighted by Gasteiger charge is -2.16. The fourth-order valence-electron chi connectivity index (χ4n) is 1.39. The van der Waals surface area contributed by atoms with Crippen molar-refractivity contribution in [2.24, 2.45) is 0 Å². The molecule has 94 valence electrons. The summed E-state index contributed by atoms with van der Waals surface area (Å²) in [6, 6.07) is 1.25. The standard InChI is InChI=1S/C10H6ClF5O/c1-4(17)6-2-5(11)3-7(9(12)13)8(6)10(14,15)16/h2-3,9H,1H3. The zero-order chi connectivity index (χ0) is 13.4. The number of carbonyl (C=O) groups is 1. The first-order chi connectivity index (χ1) is 7.64. The van der Waals surface area contributed by atoms with Crippen molar-refractivity contribution in [1.82, 2.24) is 0 Å². The average molecular weight is 273 g/mol. The SMILES string of the molecule is CC(=O)c1cc(Cl)cc(C(F)F)c1C(F)(F)F. The van der Waals surface area contributed by atoms with Gasteiger partial charge < -0.3 is 0 Å². The molecular weight excluding hydrogens is 267 g/mol. The van der Waals surface area contributed by atoms with Gasteiger partial charge in [-0.05, 0) is 19.1 Å². The Morgan fingerprint density at radius 1 is 1.29 bits per heavy atom. The van der Waals surface area contributed by atoms with Crippen molar-refractivity contribution in [3.8, 4) is 0 Å². The third kappa shape index (κ3) is 2.94. The Morgan fingerprint density at radius 3 is 2.18 bits per heavy atom. The van der Waals surface area contributed by atoms with Gasteiger partial charge in [-0.3, -0.25) is 4.79 Å². The highest BCUT2D eigenvalue weighted by molar-refractivity contribution is 6.31. The zero-order valence-corrected chi connectivity index (χ0v) is 9.16. The van der Waals surface area contributed by atoms with Crippen LogP contribution in [0.5, 0.6) is 0 Å². The molecule has 0 heterocycles. The van der Waals surface area contributed by atoms with E-state index in [1.807, 2.05) is 0 Å². The van der Waals surface area contributed by atoms with E-state index in [0.717, 1.165) is 13.0 Å². The normalized spacial score (nSPS) is 12.0. The van der Waals surface area contributed by atoms with Crippen molar-refractivity contribution in [3.05, 3.63) is 33.8 Å². The summed E-state index contributed by atoms with van der Waals surface area (Å²) < 4.78 is 62.9. The zero-order valence-electron chi connectivity index (χ0n) is 8.41. The Hall–Kier alpha value is -1.17. The number of halogens is 6. The molecule has 0 fully saturated rings. The van der Waals surface area contributed by atoms with Gasteiger partial charge in [0.25, 0.3) is 6.43 Å². The summed E-state index contributed by atoms with van der Waals surface area (Å²) in [5, 5.41) is -0.335. The molecule has 0 spiro atoms. The second-order valence-corrected chi connectivity index (χ2v) is 3.71. The van der Waals surface area contributed by atoms with Crippen LogP contribution in [-0.2, 0) is 6.18 Å². The van der Waals surface area contributed by atoms with Crippen molar-refractivity contribution >= 4 is 17.4 Å². The van der Waals surface area contributed by atoms with Crippen LogP contribution in [0.1, 0.15) is 34.8 Å². The molecule has 0 aromatic heterocycles. The second-order valence-electron chi connectivity index (χ2n) is 3.27. The predicted molar refractivity (Wildman–Crippen MR) is 51.4 cm³/mol. The molecule has 0 saturated carbocycles. The van der Waals surface area contributed by atoms with E-state index in [-0.39, 0.29) is 5.02 Å². The van der Waals surface area contributed by atoms with E-state index in [4.69, 9.17) is 11.6 Å². The van der Waals surface area contributed by atoms with Crippen LogP contribution in [0.2, 0.25) is 5.02 Å². The average Bonchev–Trinajstić information content (AvgIpc) is 2.14. The Morgan fingerprint density at radius 2 is 1.82 bits per heavy atom.